The highest BCUT2D eigenvalue weighted by molar-refractivity contribution is 7.80. The minimum Gasteiger partial charge on any atom is -0.358 e. The third kappa shape index (κ3) is 2.66. The van der Waals surface area contributed by atoms with Gasteiger partial charge in [-0.2, -0.15) is 0 Å². The van der Waals surface area contributed by atoms with Crippen LogP contribution in [0.15, 0.2) is 0 Å². The Bertz CT molecular complexity index is 274. The van der Waals surface area contributed by atoms with Gasteiger partial charge in [-0.05, 0) is 44.1 Å². The van der Waals surface area contributed by atoms with Gasteiger partial charge in [-0.25, -0.2) is 0 Å². The molecule has 3 heterocycles. The van der Waals surface area contributed by atoms with Crippen molar-refractivity contribution in [1.82, 2.24) is 15.5 Å². The maximum Gasteiger partial charge on any atom is 0.222 e. The highest BCUT2D eigenvalue weighted by Gasteiger charge is 2.34. The zero-order valence-electron chi connectivity index (χ0n) is 8.95. The van der Waals surface area contributed by atoms with Gasteiger partial charge in [-0.3, -0.25) is 4.79 Å². The number of hydrogen-bond acceptors (Lipinski definition) is 3. The molecule has 1 amide bonds. The Kier molecular flexibility index (Phi) is 3.21. The summed E-state index contributed by atoms with van der Waals surface area (Å²) in [6, 6.07) is 0.423. The first-order chi connectivity index (χ1) is 7.15. The lowest BCUT2D eigenvalue weighted by molar-refractivity contribution is -0.117. The summed E-state index contributed by atoms with van der Waals surface area (Å²) in [4.78, 5) is 13.3. The van der Waals surface area contributed by atoms with E-state index in [0.717, 1.165) is 12.5 Å². The quantitative estimate of drug-likeness (QED) is 0.623. The number of thiocarbonyl (C=S) groups is 1. The van der Waals surface area contributed by atoms with E-state index in [1.165, 1.54) is 32.9 Å². The standard InChI is InChI=1S/C10H17N3OS/c1-7(14)11-10(15)12-9-6-13-4-2-8(9)3-5-13/h8-9H,2-6H2,1H3,(H2,11,12,14,15). The lowest BCUT2D eigenvalue weighted by Crippen LogP contribution is -2.58. The van der Waals surface area contributed by atoms with E-state index >= 15 is 0 Å². The summed E-state index contributed by atoms with van der Waals surface area (Å²) in [6.07, 6.45) is 2.50. The van der Waals surface area contributed by atoms with E-state index in [2.05, 4.69) is 15.5 Å². The monoisotopic (exact) mass is 227 g/mol. The topological polar surface area (TPSA) is 44.4 Å². The number of nitrogens with zero attached hydrogens (tertiary/aromatic N) is 1. The molecule has 2 N–H and O–H groups in total. The molecule has 4 nitrogen and oxygen atoms in total. The third-order valence-corrected chi connectivity index (χ3v) is 3.48. The first kappa shape index (κ1) is 10.8. The summed E-state index contributed by atoms with van der Waals surface area (Å²) in [6.45, 7) is 4.97. The summed E-state index contributed by atoms with van der Waals surface area (Å²) < 4.78 is 0. The minimum atomic E-state index is -0.103. The molecule has 0 aromatic carbocycles. The van der Waals surface area contributed by atoms with E-state index in [9.17, 15) is 4.79 Å². The van der Waals surface area contributed by atoms with Crippen molar-refractivity contribution in [2.75, 3.05) is 19.6 Å². The van der Waals surface area contributed by atoms with Crippen molar-refractivity contribution in [1.29, 1.82) is 0 Å². The predicted molar refractivity (Wildman–Crippen MR) is 62.5 cm³/mol. The Morgan fingerprint density at radius 3 is 2.53 bits per heavy atom. The van der Waals surface area contributed by atoms with Crippen molar-refractivity contribution < 1.29 is 4.79 Å². The van der Waals surface area contributed by atoms with E-state index in [4.69, 9.17) is 12.2 Å². The Balaban J connectivity index is 1.84. The van der Waals surface area contributed by atoms with Crippen molar-refractivity contribution >= 4 is 23.2 Å². The fraction of sp³-hybridized carbons (Fsp3) is 0.800. The Labute approximate surface area is 95.4 Å². The summed E-state index contributed by atoms with van der Waals surface area (Å²) in [7, 11) is 0. The van der Waals surface area contributed by atoms with Crippen LogP contribution in [0, 0.1) is 5.92 Å². The molecule has 0 aliphatic carbocycles. The molecule has 3 aliphatic rings. The van der Waals surface area contributed by atoms with Gasteiger partial charge in [0.05, 0.1) is 0 Å². The molecule has 3 fully saturated rings. The molecule has 1 atom stereocenters. The van der Waals surface area contributed by atoms with E-state index in [1.807, 2.05) is 0 Å². The van der Waals surface area contributed by atoms with Gasteiger partial charge in [0.25, 0.3) is 0 Å². The largest absolute Gasteiger partial charge is 0.358 e. The van der Waals surface area contributed by atoms with Crippen LogP contribution in [0.25, 0.3) is 0 Å². The molecule has 0 aromatic heterocycles. The average molecular weight is 227 g/mol. The fourth-order valence-corrected chi connectivity index (χ4v) is 2.79. The fourth-order valence-electron chi connectivity index (χ4n) is 2.49. The summed E-state index contributed by atoms with van der Waals surface area (Å²) in [5, 5.41) is 6.33. The van der Waals surface area contributed by atoms with Crippen LogP contribution < -0.4 is 10.6 Å². The third-order valence-electron chi connectivity index (χ3n) is 3.26. The molecule has 3 saturated heterocycles. The zero-order valence-corrected chi connectivity index (χ0v) is 9.77. The number of carbonyl (C=O) groups is 1. The van der Waals surface area contributed by atoms with Gasteiger partial charge in [-0.15, -0.1) is 0 Å². The van der Waals surface area contributed by atoms with Gasteiger partial charge in [0.1, 0.15) is 0 Å². The second-order valence-electron chi connectivity index (χ2n) is 4.40. The zero-order chi connectivity index (χ0) is 10.8. The van der Waals surface area contributed by atoms with Crippen LogP contribution in [0.3, 0.4) is 0 Å². The molecule has 1 unspecified atom stereocenters. The number of rotatable bonds is 1. The van der Waals surface area contributed by atoms with Gasteiger partial charge in [-0.1, -0.05) is 0 Å². The van der Waals surface area contributed by atoms with Crippen LogP contribution in [0.4, 0.5) is 0 Å². The van der Waals surface area contributed by atoms with Crippen molar-refractivity contribution in [3.8, 4) is 0 Å². The Morgan fingerprint density at radius 2 is 2.07 bits per heavy atom. The molecule has 0 saturated carbocycles. The van der Waals surface area contributed by atoms with Crippen molar-refractivity contribution in [2.24, 2.45) is 5.92 Å². The van der Waals surface area contributed by atoms with E-state index < -0.39 is 0 Å². The molecule has 0 radical (unpaired) electrons. The lowest BCUT2D eigenvalue weighted by atomic mass is 9.84. The predicted octanol–water partition coefficient (Wildman–Crippen LogP) is 0.0912. The Morgan fingerprint density at radius 1 is 1.40 bits per heavy atom. The number of carbonyl (C=O) groups excluding carboxylic acids is 1. The molecular weight excluding hydrogens is 210 g/mol. The molecule has 5 heteroatoms. The van der Waals surface area contributed by atoms with Crippen molar-refractivity contribution in [3.63, 3.8) is 0 Å². The highest BCUT2D eigenvalue weighted by Crippen LogP contribution is 2.27. The van der Waals surface area contributed by atoms with Crippen LogP contribution in [0.1, 0.15) is 19.8 Å². The molecule has 0 spiro atoms. The van der Waals surface area contributed by atoms with Gasteiger partial charge in [0, 0.05) is 19.5 Å². The number of nitrogens with one attached hydrogen (secondary N) is 2. The lowest BCUT2D eigenvalue weighted by Gasteiger charge is -2.45. The van der Waals surface area contributed by atoms with E-state index in [-0.39, 0.29) is 5.91 Å². The van der Waals surface area contributed by atoms with Crippen LogP contribution in [-0.4, -0.2) is 41.6 Å². The first-order valence-corrected chi connectivity index (χ1v) is 5.86. The van der Waals surface area contributed by atoms with Gasteiger partial charge >= 0.3 is 0 Å². The highest BCUT2D eigenvalue weighted by atomic mass is 32.1. The molecule has 2 bridgehead atoms. The number of amides is 1. The van der Waals surface area contributed by atoms with E-state index in [0.29, 0.717) is 11.2 Å². The second-order valence-corrected chi connectivity index (χ2v) is 4.81. The van der Waals surface area contributed by atoms with Gasteiger partial charge in [0.2, 0.25) is 5.91 Å². The molecule has 3 rings (SSSR count). The smallest absolute Gasteiger partial charge is 0.222 e. The summed E-state index contributed by atoms with van der Waals surface area (Å²) >= 11 is 5.07. The normalized spacial score (nSPS) is 33.5. The Hall–Kier alpha value is -0.680. The molecule has 3 aliphatic heterocycles. The summed E-state index contributed by atoms with van der Waals surface area (Å²) in [5.41, 5.74) is 0. The van der Waals surface area contributed by atoms with E-state index in [1.54, 1.807) is 0 Å². The number of hydrogen-bond donors (Lipinski definition) is 2. The molecule has 15 heavy (non-hydrogen) atoms. The molecule has 84 valence electrons. The maximum absolute atomic E-state index is 10.8. The van der Waals surface area contributed by atoms with Gasteiger partial charge < -0.3 is 15.5 Å². The van der Waals surface area contributed by atoms with Crippen LogP contribution in [0.2, 0.25) is 0 Å². The first-order valence-electron chi connectivity index (χ1n) is 5.45. The SMILES string of the molecule is CC(=O)NC(=S)NC1CN2CCC1CC2. The molecule has 0 aromatic rings. The van der Waals surface area contributed by atoms with Crippen molar-refractivity contribution in [2.45, 2.75) is 25.8 Å². The summed E-state index contributed by atoms with van der Waals surface area (Å²) in [5.74, 6) is 0.621. The van der Waals surface area contributed by atoms with Crippen LogP contribution in [-0.2, 0) is 4.79 Å². The van der Waals surface area contributed by atoms with Crippen LogP contribution in [0.5, 0.6) is 0 Å². The van der Waals surface area contributed by atoms with Crippen LogP contribution >= 0.6 is 12.2 Å². The van der Waals surface area contributed by atoms with Gasteiger partial charge in [0.15, 0.2) is 5.11 Å². The second kappa shape index (κ2) is 4.45. The number of fused-ring (bicyclic) bond motifs is 3. The maximum atomic E-state index is 10.8. The average Bonchev–Trinajstić information content (AvgIpc) is 2.17. The number of piperidine rings is 3. The van der Waals surface area contributed by atoms with Crippen molar-refractivity contribution in [3.05, 3.63) is 0 Å². The minimum absolute atomic E-state index is 0.103. The molecular formula is C10H17N3OS.